The highest BCUT2D eigenvalue weighted by Gasteiger charge is 2.13. The first-order valence-electron chi connectivity index (χ1n) is 9.36. The van der Waals surface area contributed by atoms with Crippen molar-refractivity contribution in [2.45, 2.75) is 19.8 Å². The normalized spacial score (nSPS) is 11.4. The van der Waals surface area contributed by atoms with Crippen LogP contribution < -0.4 is 0 Å². The number of fused-ring (bicyclic) bond motifs is 2. The van der Waals surface area contributed by atoms with E-state index in [0.29, 0.717) is 19.8 Å². The van der Waals surface area contributed by atoms with Crippen LogP contribution in [0.15, 0.2) is 78.9 Å². The van der Waals surface area contributed by atoms with Gasteiger partial charge in [0.2, 0.25) is 0 Å². The highest BCUT2D eigenvalue weighted by Crippen LogP contribution is 2.19. The second kappa shape index (κ2) is 7.29. The predicted octanol–water partition coefficient (Wildman–Crippen LogP) is 4.68. The summed E-state index contributed by atoms with van der Waals surface area (Å²) in [4.78, 5) is 12.9. The minimum atomic E-state index is 0.448. The lowest BCUT2D eigenvalue weighted by Crippen LogP contribution is -2.08. The van der Waals surface area contributed by atoms with E-state index in [1.807, 2.05) is 60.7 Å². The molecule has 0 amide bonds. The number of hydrogen-bond acceptors (Lipinski definition) is 3. The van der Waals surface area contributed by atoms with Gasteiger partial charge in [-0.15, -0.1) is 0 Å². The molecule has 0 saturated carbocycles. The third-order valence-corrected chi connectivity index (χ3v) is 4.82. The van der Waals surface area contributed by atoms with E-state index in [-0.39, 0.29) is 0 Å². The van der Waals surface area contributed by atoms with E-state index in [1.165, 1.54) is 0 Å². The molecule has 0 spiro atoms. The number of aromatic amines is 1. The number of para-hydroxylation sites is 4. The van der Waals surface area contributed by atoms with Crippen LogP contribution in [-0.2, 0) is 24.5 Å². The van der Waals surface area contributed by atoms with Crippen molar-refractivity contribution in [1.82, 2.24) is 19.5 Å². The van der Waals surface area contributed by atoms with Gasteiger partial charge in [0.05, 0.1) is 35.2 Å². The van der Waals surface area contributed by atoms with Crippen molar-refractivity contribution in [1.29, 1.82) is 0 Å². The first-order chi connectivity index (χ1) is 13.9. The minimum absolute atomic E-state index is 0.448. The number of H-pyrrole nitrogens is 1. The molecule has 0 saturated heterocycles. The average Bonchev–Trinajstić information content (AvgIpc) is 3.30. The maximum absolute atomic E-state index is 5.96. The van der Waals surface area contributed by atoms with Gasteiger partial charge in [0.25, 0.3) is 0 Å². The number of rotatable bonds is 6. The van der Waals surface area contributed by atoms with Gasteiger partial charge in [-0.2, -0.15) is 0 Å². The van der Waals surface area contributed by atoms with E-state index in [2.05, 4.69) is 27.8 Å². The monoisotopic (exact) mass is 368 g/mol. The molecule has 0 atom stereocenters. The maximum atomic E-state index is 5.96. The predicted molar refractivity (Wildman–Crippen MR) is 110 cm³/mol. The van der Waals surface area contributed by atoms with Crippen molar-refractivity contribution in [3.63, 3.8) is 0 Å². The van der Waals surface area contributed by atoms with Crippen LogP contribution in [0.5, 0.6) is 0 Å². The molecule has 138 valence electrons. The molecule has 5 heteroatoms. The van der Waals surface area contributed by atoms with Gasteiger partial charge in [-0.3, -0.25) is 0 Å². The lowest BCUT2D eigenvalue weighted by atomic mass is 10.2. The fourth-order valence-corrected chi connectivity index (χ4v) is 3.48. The SMILES string of the molecule is c1ccc(COCc2nc3ccccc3n2Cc2nc3ccccc3[nH]2)cc1. The summed E-state index contributed by atoms with van der Waals surface area (Å²) in [6.45, 7) is 1.64. The Labute approximate surface area is 162 Å². The summed E-state index contributed by atoms with van der Waals surface area (Å²) < 4.78 is 8.14. The van der Waals surface area contributed by atoms with Crippen LogP contribution in [0.4, 0.5) is 0 Å². The van der Waals surface area contributed by atoms with Gasteiger partial charge < -0.3 is 14.3 Å². The van der Waals surface area contributed by atoms with Crippen LogP contribution in [0.25, 0.3) is 22.1 Å². The summed E-state index contributed by atoms with van der Waals surface area (Å²) in [6.07, 6.45) is 0. The lowest BCUT2D eigenvalue weighted by molar-refractivity contribution is 0.0998. The van der Waals surface area contributed by atoms with E-state index in [4.69, 9.17) is 14.7 Å². The van der Waals surface area contributed by atoms with E-state index in [1.54, 1.807) is 0 Å². The Morgan fingerprint density at radius 2 is 1.50 bits per heavy atom. The highest BCUT2D eigenvalue weighted by atomic mass is 16.5. The van der Waals surface area contributed by atoms with Crippen molar-refractivity contribution in [3.05, 3.63) is 96.1 Å². The Kier molecular flexibility index (Phi) is 4.35. The van der Waals surface area contributed by atoms with Crippen molar-refractivity contribution in [2.24, 2.45) is 0 Å². The van der Waals surface area contributed by atoms with Crippen molar-refractivity contribution in [2.75, 3.05) is 0 Å². The van der Waals surface area contributed by atoms with Gasteiger partial charge in [-0.25, -0.2) is 9.97 Å². The Balaban J connectivity index is 1.43. The van der Waals surface area contributed by atoms with Gasteiger partial charge in [0, 0.05) is 0 Å². The molecule has 0 radical (unpaired) electrons. The molecule has 2 heterocycles. The summed E-state index contributed by atoms with van der Waals surface area (Å²) in [5.74, 6) is 1.81. The van der Waals surface area contributed by atoms with Gasteiger partial charge in [-0.1, -0.05) is 54.6 Å². The molecule has 5 aromatic rings. The van der Waals surface area contributed by atoms with Gasteiger partial charge in [0.1, 0.15) is 18.3 Å². The number of imidazole rings is 2. The molecule has 0 fully saturated rings. The van der Waals surface area contributed by atoms with Crippen molar-refractivity contribution >= 4 is 22.1 Å². The van der Waals surface area contributed by atoms with Crippen LogP contribution >= 0.6 is 0 Å². The highest BCUT2D eigenvalue weighted by molar-refractivity contribution is 5.76. The van der Waals surface area contributed by atoms with Gasteiger partial charge in [0.15, 0.2) is 0 Å². The van der Waals surface area contributed by atoms with Crippen molar-refractivity contribution < 1.29 is 4.74 Å². The Bertz CT molecular complexity index is 1190. The Hall–Kier alpha value is -3.44. The van der Waals surface area contributed by atoms with E-state index >= 15 is 0 Å². The molecule has 5 nitrogen and oxygen atoms in total. The van der Waals surface area contributed by atoms with Crippen LogP contribution in [0.1, 0.15) is 17.2 Å². The topological polar surface area (TPSA) is 55.7 Å². The largest absolute Gasteiger partial charge is 0.369 e. The molecule has 5 rings (SSSR count). The minimum Gasteiger partial charge on any atom is -0.369 e. The summed E-state index contributed by atoms with van der Waals surface area (Å²) in [7, 11) is 0. The first-order valence-corrected chi connectivity index (χ1v) is 9.36. The number of ether oxygens (including phenoxy) is 1. The molecule has 0 unspecified atom stereocenters. The van der Waals surface area contributed by atoms with Crippen LogP contribution in [0.3, 0.4) is 0 Å². The number of hydrogen-bond donors (Lipinski definition) is 1. The fraction of sp³-hybridized carbons (Fsp3) is 0.130. The molecular weight excluding hydrogens is 348 g/mol. The Morgan fingerprint density at radius 1 is 0.750 bits per heavy atom. The van der Waals surface area contributed by atoms with Crippen molar-refractivity contribution in [3.8, 4) is 0 Å². The van der Waals surface area contributed by atoms with Crippen LogP contribution in [-0.4, -0.2) is 19.5 Å². The Morgan fingerprint density at radius 3 is 2.36 bits per heavy atom. The molecular formula is C23H20N4O. The molecule has 0 aliphatic heterocycles. The second-order valence-corrected chi connectivity index (χ2v) is 6.78. The van der Waals surface area contributed by atoms with E-state index < -0.39 is 0 Å². The van der Waals surface area contributed by atoms with Gasteiger partial charge >= 0.3 is 0 Å². The molecule has 1 N–H and O–H groups in total. The van der Waals surface area contributed by atoms with E-state index in [9.17, 15) is 0 Å². The molecule has 3 aromatic carbocycles. The second-order valence-electron chi connectivity index (χ2n) is 6.78. The number of nitrogens with one attached hydrogen (secondary N) is 1. The molecule has 2 aromatic heterocycles. The summed E-state index contributed by atoms with van der Waals surface area (Å²) >= 11 is 0. The summed E-state index contributed by atoms with van der Waals surface area (Å²) in [5.41, 5.74) is 5.23. The van der Waals surface area contributed by atoms with Gasteiger partial charge in [-0.05, 0) is 29.8 Å². The smallest absolute Gasteiger partial charge is 0.136 e. The zero-order valence-electron chi connectivity index (χ0n) is 15.4. The number of benzene rings is 3. The average molecular weight is 368 g/mol. The van der Waals surface area contributed by atoms with Crippen LogP contribution in [0, 0.1) is 0 Å². The third kappa shape index (κ3) is 3.28. The standard InChI is InChI=1S/C23H20N4O/c1-2-8-17(9-3-1)15-28-16-23-26-20-12-6-7-13-21(20)27(23)14-22-24-18-10-4-5-11-19(18)25-22/h1-13H,14-16H2,(H,24,25). The molecule has 0 bridgehead atoms. The zero-order chi connectivity index (χ0) is 18.8. The lowest BCUT2D eigenvalue weighted by Gasteiger charge is -2.08. The number of aromatic nitrogens is 4. The molecule has 0 aliphatic carbocycles. The number of nitrogens with zero attached hydrogens (tertiary/aromatic N) is 3. The first kappa shape index (κ1) is 16.7. The quantitative estimate of drug-likeness (QED) is 0.473. The molecule has 28 heavy (non-hydrogen) atoms. The summed E-state index contributed by atoms with van der Waals surface area (Å²) in [5, 5.41) is 0. The molecule has 0 aliphatic rings. The zero-order valence-corrected chi connectivity index (χ0v) is 15.4. The van der Waals surface area contributed by atoms with Crippen LogP contribution in [0.2, 0.25) is 0 Å². The maximum Gasteiger partial charge on any atom is 0.136 e. The fourth-order valence-electron chi connectivity index (χ4n) is 3.48. The summed E-state index contributed by atoms with van der Waals surface area (Å²) in [6, 6.07) is 26.4. The third-order valence-electron chi connectivity index (χ3n) is 4.82. The van der Waals surface area contributed by atoms with E-state index in [0.717, 1.165) is 39.3 Å².